The Morgan fingerprint density at radius 2 is 2.07 bits per heavy atom. The summed E-state index contributed by atoms with van der Waals surface area (Å²) in [6, 6.07) is 0. The van der Waals surface area contributed by atoms with E-state index in [0.29, 0.717) is 11.2 Å². The average molecular weight is 195 g/mol. The van der Waals surface area contributed by atoms with Gasteiger partial charge in [0.25, 0.3) is 0 Å². The van der Waals surface area contributed by atoms with Gasteiger partial charge < -0.3 is 4.90 Å². The van der Waals surface area contributed by atoms with Gasteiger partial charge in [0.15, 0.2) is 0 Å². The summed E-state index contributed by atoms with van der Waals surface area (Å²) >= 11 is 0. The fourth-order valence-corrected chi connectivity index (χ4v) is 1.75. The molecular formula is C11H22BNO. The highest BCUT2D eigenvalue weighted by atomic mass is 16.2. The summed E-state index contributed by atoms with van der Waals surface area (Å²) in [6.07, 6.45) is 5.38. The molecule has 1 aliphatic rings. The van der Waals surface area contributed by atoms with E-state index >= 15 is 0 Å². The van der Waals surface area contributed by atoms with Crippen molar-refractivity contribution < 1.29 is 4.79 Å². The van der Waals surface area contributed by atoms with Gasteiger partial charge in [0.05, 0.1) is 0 Å². The van der Waals surface area contributed by atoms with Gasteiger partial charge in [-0.05, 0) is 19.3 Å². The summed E-state index contributed by atoms with van der Waals surface area (Å²) in [7, 11) is 2.23. The van der Waals surface area contributed by atoms with Gasteiger partial charge in [-0.3, -0.25) is 4.79 Å². The van der Waals surface area contributed by atoms with E-state index in [2.05, 4.69) is 26.6 Å². The molecule has 1 saturated heterocycles. The first-order valence-electron chi connectivity index (χ1n) is 5.77. The summed E-state index contributed by atoms with van der Waals surface area (Å²) < 4.78 is 0. The van der Waals surface area contributed by atoms with Crippen molar-refractivity contribution in [3.63, 3.8) is 0 Å². The molecule has 0 saturated carbocycles. The van der Waals surface area contributed by atoms with Crippen LogP contribution in [0.5, 0.6) is 0 Å². The van der Waals surface area contributed by atoms with Gasteiger partial charge in [0.2, 0.25) is 5.91 Å². The Hall–Kier alpha value is -0.465. The SMILES string of the molecule is BC(C)(C)CCN1CCCCCC1=O. The van der Waals surface area contributed by atoms with E-state index in [-0.39, 0.29) is 0 Å². The second-order valence-corrected chi connectivity index (χ2v) is 5.50. The fourth-order valence-electron chi connectivity index (χ4n) is 1.75. The van der Waals surface area contributed by atoms with Gasteiger partial charge in [0, 0.05) is 19.5 Å². The number of likely N-dealkylation sites (tertiary alicyclic amines) is 1. The van der Waals surface area contributed by atoms with Crippen LogP contribution >= 0.6 is 0 Å². The van der Waals surface area contributed by atoms with E-state index in [0.717, 1.165) is 32.4 Å². The maximum atomic E-state index is 11.7. The third-order valence-electron chi connectivity index (χ3n) is 2.80. The normalized spacial score (nSPS) is 19.6. The molecule has 1 amide bonds. The van der Waals surface area contributed by atoms with Gasteiger partial charge in [-0.2, -0.15) is 0 Å². The summed E-state index contributed by atoms with van der Waals surface area (Å²) in [5.41, 5.74) is 0. The third-order valence-corrected chi connectivity index (χ3v) is 2.80. The molecule has 3 heteroatoms. The number of hydrogen-bond donors (Lipinski definition) is 0. The molecule has 0 aliphatic carbocycles. The lowest BCUT2D eigenvalue weighted by molar-refractivity contribution is -0.130. The molecule has 0 N–H and O–H groups in total. The van der Waals surface area contributed by atoms with E-state index in [4.69, 9.17) is 0 Å². The van der Waals surface area contributed by atoms with Crippen molar-refractivity contribution in [3.8, 4) is 0 Å². The second kappa shape index (κ2) is 4.85. The molecular weight excluding hydrogens is 173 g/mol. The van der Waals surface area contributed by atoms with Crippen molar-refractivity contribution >= 4 is 13.8 Å². The van der Waals surface area contributed by atoms with Crippen LogP contribution < -0.4 is 0 Å². The maximum Gasteiger partial charge on any atom is 0.222 e. The number of carbonyl (C=O) groups excluding carboxylic acids is 1. The van der Waals surface area contributed by atoms with E-state index in [1.54, 1.807) is 0 Å². The quantitative estimate of drug-likeness (QED) is 0.626. The molecule has 0 aromatic carbocycles. The van der Waals surface area contributed by atoms with Gasteiger partial charge in [0.1, 0.15) is 7.85 Å². The van der Waals surface area contributed by atoms with Crippen LogP contribution in [0.4, 0.5) is 0 Å². The summed E-state index contributed by atoms with van der Waals surface area (Å²) in [4.78, 5) is 13.7. The Kier molecular flexibility index (Phi) is 4.03. The highest BCUT2D eigenvalue weighted by Crippen LogP contribution is 2.24. The van der Waals surface area contributed by atoms with Crippen LogP contribution in [-0.2, 0) is 4.79 Å². The maximum absolute atomic E-state index is 11.7. The largest absolute Gasteiger partial charge is 0.343 e. The van der Waals surface area contributed by atoms with Crippen molar-refractivity contribution in [2.45, 2.75) is 51.3 Å². The van der Waals surface area contributed by atoms with Crippen LogP contribution in [0.2, 0.25) is 5.31 Å². The number of nitrogens with zero attached hydrogens (tertiary/aromatic N) is 1. The van der Waals surface area contributed by atoms with Crippen molar-refractivity contribution in [1.82, 2.24) is 4.90 Å². The second-order valence-electron chi connectivity index (χ2n) is 5.50. The number of rotatable bonds is 3. The van der Waals surface area contributed by atoms with Crippen LogP contribution in [0.25, 0.3) is 0 Å². The third kappa shape index (κ3) is 4.16. The van der Waals surface area contributed by atoms with Crippen molar-refractivity contribution in [3.05, 3.63) is 0 Å². The van der Waals surface area contributed by atoms with Gasteiger partial charge in [-0.25, -0.2) is 0 Å². The van der Waals surface area contributed by atoms with Crippen LogP contribution in [0.3, 0.4) is 0 Å². The first-order chi connectivity index (χ1) is 6.49. The molecule has 2 nitrogen and oxygen atoms in total. The molecule has 0 aromatic rings. The zero-order valence-corrected chi connectivity index (χ0v) is 9.81. The number of carbonyl (C=O) groups is 1. The molecule has 0 aromatic heterocycles. The van der Waals surface area contributed by atoms with Crippen LogP contribution in [0.15, 0.2) is 0 Å². The van der Waals surface area contributed by atoms with Crippen LogP contribution in [0.1, 0.15) is 46.0 Å². The predicted molar refractivity (Wildman–Crippen MR) is 62.3 cm³/mol. The number of amides is 1. The molecule has 1 fully saturated rings. The molecule has 0 atom stereocenters. The van der Waals surface area contributed by atoms with Crippen molar-refractivity contribution in [2.75, 3.05) is 13.1 Å². The Morgan fingerprint density at radius 1 is 1.36 bits per heavy atom. The van der Waals surface area contributed by atoms with Gasteiger partial charge >= 0.3 is 0 Å². The molecule has 1 heterocycles. The minimum Gasteiger partial charge on any atom is -0.343 e. The first-order valence-corrected chi connectivity index (χ1v) is 5.77. The first kappa shape index (κ1) is 11.6. The lowest BCUT2D eigenvalue weighted by Crippen LogP contribution is -2.32. The van der Waals surface area contributed by atoms with Crippen LogP contribution in [-0.4, -0.2) is 31.7 Å². The minimum absolute atomic E-state index is 0.340. The fraction of sp³-hybridized carbons (Fsp3) is 0.909. The van der Waals surface area contributed by atoms with Crippen molar-refractivity contribution in [2.24, 2.45) is 0 Å². The molecule has 0 radical (unpaired) electrons. The van der Waals surface area contributed by atoms with Gasteiger partial charge in [-0.1, -0.05) is 25.6 Å². The monoisotopic (exact) mass is 195 g/mol. The molecule has 0 bridgehead atoms. The summed E-state index contributed by atoms with van der Waals surface area (Å²) in [5, 5.41) is 0.340. The van der Waals surface area contributed by atoms with Gasteiger partial charge in [-0.15, -0.1) is 0 Å². The molecule has 0 spiro atoms. The lowest BCUT2D eigenvalue weighted by Gasteiger charge is -2.25. The molecule has 80 valence electrons. The van der Waals surface area contributed by atoms with Crippen molar-refractivity contribution in [1.29, 1.82) is 0 Å². The summed E-state index contributed by atoms with van der Waals surface area (Å²) in [6.45, 7) is 6.39. The zero-order valence-electron chi connectivity index (χ0n) is 9.81. The topological polar surface area (TPSA) is 20.3 Å². The average Bonchev–Trinajstić information content (AvgIpc) is 2.25. The highest BCUT2D eigenvalue weighted by molar-refractivity contribution is 6.14. The highest BCUT2D eigenvalue weighted by Gasteiger charge is 2.18. The molecule has 1 rings (SSSR count). The minimum atomic E-state index is 0.340. The predicted octanol–water partition coefficient (Wildman–Crippen LogP) is 1.61. The van der Waals surface area contributed by atoms with E-state index in [1.165, 1.54) is 12.8 Å². The zero-order chi connectivity index (χ0) is 10.6. The molecule has 0 unspecified atom stereocenters. The Balaban J connectivity index is 2.37. The van der Waals surface area contributed by atoms with E-state index in [9.17, 15) is 4.79 Å². The Labute approximate surface area is 88.5 Å². The smallest absolute Gasteiger partial charge is 0.222 e. The van der Waals surface area contributed by atoms with Crippen LogP contribution in [0, 0.1) is 0 Å². The summed E-state index contributed by atoms with van der Waals surface area (Å²) in [5.74, 6) is 0.367. The van der Waals surface area contributed by atoms with E-state index < -0.39 is 0 Å². The molecule has 14 heavy (non-hydrogen) atoms. The van der Waals surface area contributed by atoms with E-state index in [1.807, 2.05) is 0 Å². The lowest BCUT2D eigenvalue weighted by atomic mass is 9.70. The standard InChI is InChI=1S/C11H22BNO/c1-11(2,12)7-9-13-8-5-3-4-6-10(13)14/h3-9,12H2,1-2H3. The molecule has 1 aliphatic heterocycles. The Morgan fingerprint density at radius 3 is 2.71 bits per heavy atom. The Bertz CT molecular complexity index is 198. The number of hydrogen-bond acceptors (Lipinski definition) is 1.